The van der Waals surface area contributed by atoms with Gasteiger partial charge in [0.15, 0.2) is 17.8 Å². The molecule has 0 spiro atoms. The van der Waals surface area contributed by atoms with Crippen LogP contribution in [0.4, 0.5) is 17.6 Å². The number of aromatic nitrogens is 1. The van der Waals surface area contributed by atoms with Crippen molar-refractivity contribution in [3.05, 3.63) is 53.0 Å². The van der Waals surface area contributed by atoms with Gasteiger partial charge in [0.05, 0.1) is 5.56 Å². The van der Waals surface area contributed by atoms with E-state index in [-0.39, 0.29) is 23.1 Å². The lowest BCUT2D eigenvalue weighted by atomic mass is 10.1. The lowest BCUT2D eigenvalue weighted by Gasteiger charge is -2.13. The van der Waals surface area contributed by atoms with Gasteiger partial charge in [0, 0.05) is 13.2 Å². The van der Waals surface area contributed by atoms with Crippen LogP contribution in [0.5, 0.6) is 0 Å². The minimum absolute atomic E-state index is 0.0254. The first-order chi connectivity index (χ1) is 11.9. The maximum atomic E-state index is 13.1. The van der Waals surface area contributed by atoms with Gasteiger partial charge in [-0.3, -0.25) is 4.79 Å². The Kier molecular flexibility index (Phi) is 4.76. The highest BCUT2D eigenvalue weighted by Gasteiger charge is 2.34. The van der Waals surface area contributed by atoms with Crippen LogP contribution in [0.15, 0.2) is 29.0 Å². The molecule has 0 radical (unpaired) electrons. The molecular weight excluding hydrogens is 344 g/mol. The molecule has 1 amide bonds. The van der Waals surface area contributed by atoms with Crippen molar-refractivity contribution in [2.45, 2.75) is 31.7 Å². The summed E-state index contributed by atoms with van der Waals surface area (Å²) in [5.74, 6) is -1.43. The Labute approximate surface area is 140 Å². The highest BCUT2D eigenvalue weighted by molar-refractivity contribution is 5.93. The standard InChI is InChI=1S/C16H14F4N2O3/c17-10-4-3-9(11(6-10)16(18,19)20)7-21-15(23)13-14(25-8-22-13)12-2-1-5-24-12/h3-4,6,8,12H,1-2,5,7H2,(H,21,23)/t12-/m0/s1. The molecule has 5 nitrogen and oxygen atoms in total. The van der Waals surface area contributed by atoms with Gasteiger partial charge in [-0.1, -0.05) is 6.07 Å². The van der Waals surface area contributed by atoms with Crippen molar-refractivity contribution >= 4 is 5.91 Å². The molecule has 0 unspecified atom stereocenters. The van der Waals surface area contributed by atoms with Crippen LogP contribution in [-0.4, -0.2) is 17.5 Å². The van der Waals surface area contributed by atoms with E-state index in [2.05, 4.69) is 10.3 Å². The molecule has 0 aliphatic carbocycles. The number of rotatable bonds is 4. The third-order valence-corrected chi connectivity index (χ3v) is 3.85. The van der Waals surface area contributed by atoms with Gasteiger partial charge in [-0.15, -0.1) is 0 Å². The Morgan fingerprint density at radius 1 is 1.36 bits per heavy atom. The van der Waals surface area contributed by atoms with Crippen LogP contribution in [-0.2, 0) is 17.5 Å². The maximum absolute atomic E-state index is 13.1. The number of benzene rings is 1. The Morgan fingerprint density at radius 2 is 2.16 bits per heavy atom. The van der Waals surface area contributed by atoms with Gasteiger partial charge in [-0.25, -0.2) is 9.37 Å². The Balaban J connectivity index is 1.75. The largest absolute Gasteiger partial charge is 0.445 e. The second-order valence-corrected chi connectivity index (χ2v) is 5.55. The average molecular weight is 358 g/mol. The number of nitrogens with zero attached hydrogens (tertiary/aromatic N) is 1. The molecule has 1 aliphatic rings. The first-order valence-electron chi connectivity index (χ1n) is 7.55. The first-order valence-corrected chi connectivity index (χ1v) is 7.55. The summed E-state index contributed by atoms with van der Waals surface area (Å²) in [7, 11) is 0. The number of hydrogen-bond acceptors (Lipinski definition) is 4. The number of carbonyl (C=O) groups is 1. The molecule has 1 aliphatic heterocycles. The topological polar surface area (TPSA) is 64.4 Å². The van der Waals surface area contributed by atoms with Crippen molar-refractivity contribution in [1.29, 1.82) is 0 Å². The van der Waals surface area contributed by atoms with E-state index in [1.807, 2.05) is 0 Å². The normalized spacial score (nSPS) is 17.7. The molecule has 1 N–H and O–H groups in total. The zero-order valence-corrected chi connectivity index (χ0v) is 12.9. The van der Waals surface area contributed by atoms with Crippen LogP contribution in [0, 0.1) is 5.82 Å². The number of ether oxygens (including phenoxy) is 1. The summed E-state index contributed by atoms with van der Waals surface area (Å²) in [6.45, 7) is 0.114. The van der Waals surface area contributed by atoms with Crippen molar-refractivity contribution in [2.75, 3.05) is 6.61 Å². The van der Waals surface area contributed by atoms with Crippen molar-refractivity contribution in [1.82, 2.24) is 10.3 Å². The fourth-order valence-electron chi connectivity index (χ4n) is 2.66. The second kappa shape index (κ2) is 6.83. The summed E-state index contributed by atoms with van der Waals surface area (Å²) >= 11 is 0. The van der Waals surface area contributed by atoms with Gasteiger partial charge in [-0.2, -0.15) is 13.2 Å². The molecule has 1 saturated heterocycles. The van der Waals surface area contributed by atoms with Crippen molar-refractivity contribution in [3.8, 4) is 0 Å². The fraction of sp³-hybridized carbons (Fsp3) is 0.375. The third-order valence-electron chi connectivity index (χ3n) is 3.85. The maximum Gasteiger partial charge on any atom is 0.416 e. The lowest BCUT2D eigenvalue weighted by molar-refractivity contribution is -0.138. The predicted molar refractivity (Wildman–Crippen MR) is 77.0 cm³/mol. The van der Waals surface area contributed by atoms with Crippen LogP contribution in [0.2, 0.25) is 0 Å². The Bertz CT molecular complexity index is 767. The number of nitrogens with one attached hydrogen (secondary N) is 1. The average Bonchev–Trinajstić information content (AvgIpc) is 3.23. The Hall–Kier alpha value is -2.42. The molecule has 0 bridgehead atoms. The predicted octanol–water partition coefficient (Wildman–Crippen LogP) is 3.61. The summed E-state index contributed by atoms with van der Waals surface area (Å²) in [4.78, 5) is 16.1. The summed E-state index contributed by atoms with van der Waals surface area (Å²) in [5.41, 5.74) is -1.40. The number of halogens is 4. The number of alkyl halides is 3. The SMILES string of the molecule is O=C(NCc1ccc(F)cc1C(F)(F)F)c1ncoc1[C@@H]1CCCO1. The van der Waals surface area contributed by atoms with E-state index < -0.39 is 30.0 Å². The highest BCUT2D eigenvalue weighted by Crippen LogP contribution is 2.33. The fourth-order valence-corrected chi connectivity index (χ4v) is 2.66. The van der Waals surface area contributed by atoms with E-state index in [9.17, 15) is 22.4 Å². The van der Waals surface area contributed by atoms with Gasteiger partial charge >= 0.3 is 6.18 Å². The summed E-state index contributed by atoms with van der Waals surface area (Å²) in [5, 5.41) is 2.36. The van der Waals surface area contributed by atoms with Crippen LogP contribution < -0.4 is 5.32 Å². The number of amides is 1. The summed E-state index contributed by atoms with van der Waals surface area (Å²) in [6, 6.07) is 2.29. The van der Waals surface area contributed by atoms with Crippen molar-refractivity contribution in [3.63, 3.8) is 0 Å². The van der Waals surface area contributed by atoms with E-state index in [0.29, 0.717) is 19.1 Å². The van der Waals surface area contributed by atoms with E-state index in [4.69, 9.17) is 9.15 Å². The second-order valence-electron chi connectivity index (χ2n) is 5.55. The van der Waals surface area contributed by atoms with E-state index >= 15 is 0 Å². The minimum Gasteiger partial charge on any atom is -0.445 e. The van der Waals surface area contributed by atoms with Crippen LogP contribution >= 0.6 is 0 Å². The number of carbonyl (C=O) groups excluding carboxylic acids is 1. The molecule has 134 valence electrons. The third kappa shape index (κ3) is 3.81. The Morgan fingerprint density at radius 3 is 2.84 bits per heavy atom. The molecule has 2 heterocycles. The summed E-state index contributed by atoms with van der Waals surface area (Å²) < 4.78 is 62.6. The molecule has 9 heteroatoms. The van der Waals surface area contributed by atoms with Crippen molar-refractivity contribution in [2.24, 2.45) is 0 Å². The number of hydrogen-bond donors (Lipinski definition) is 1. The smallest absolute Gasteiger partial charge is 0.416 e. The molecule has 2 aromatic rings. The highest BCUT2D eigenvalue weighted by atomic mass is 19.4. The van der Waals surface area contributed by atoms with E-state index in [0.717, 1.165) is 24.9 Å². The quantitative estimate of drug-likeness (QED) is 0.848. The van der Waals surface area contributed by atoms with Crippen molar-refractivity contribution < 1.29 is 31.5 Å². The molecule has 3 rings (SSSR count). The van der Waals surface area contributed by atoms with Crippen LogP contribution in [0.1, 0.15) is 46.3 Å². The zero-order valence-electron chi connectivity index (χ0n) is 12.9. The molecule has 1 aromatic heterocycles. The lowest BCUT2D eigenvalue weighted by Crippen LogP contribution is -2.26. The zero-order chi connectivity index (χ0) is 18.0. The van der Waals surface area contributed by atoms with Gasteiger partial charge < -0.3 is 14.5 Å². The van der Waals surface area contributed by atoms with Gasteiger partial charge in [-0.05, 0) is 30.5 Å². The number of oxazole rings is 1. The molecule has 1 aromatic carbocycles. The monoisotopic (exact) mass is 358 g/mol. The first kappa shape index (κ1) is 17.4. The summed E-state index contributed by atoms with van der Waals surface area (Å²) in [6.07, 6.45) is -2.54. The van der Waals surface area contributed by atoms with Crippen LogP contribution in [0.3, 0.4) is 0 Å². The molecule has 1 fully saturated rings. The molecule has 1 atom stereocenters. The minimum atomic E-state index is -4.72. The van der Waals surface area contributed by atoms with Gasteiger partial charge in [0.1, 0.15) is 11.9 Å². The molecule has 0 saturated carbocycles. The van der Waals surface area contributed by atoms with Crippen LogP contribution in [0.25, 0.3) is 0 Å². The van der Waals surface area contributed by atoms with Gasteiger partial charge in [0.2, 0.25) is 0 Å². The molecule has 25 heavy (non-hydrogen) atoms. The van der Waals surface area contributed by atoms with Gasteiger partial charge in [0.25, 0.3) is 5.91 Å². The molecular formula is C16H14F4N2O3. The van der Waals surface area contributed by atoms with E-state index in [1.54, 1.807) is 0 Å². The van der Waals surface area contributed by atoms with E-state index in [1.165, 1.54) is 0 Å².